The van der Waals surface area contributed by atoms with Crippen molar-refractivity contribution in [2.24, 2.45) is 0 Å². The van der Waals surface area contributed by atoms with Crippen molar-refractivity contribution in [3.05, 3.63) is 75.6 Å². The van der Waals surface area contributed by atoms with Gasteiger partial charge >= 0.3 is 0 Å². The summed E-state index contributed by atoms with van der Waals surface area (Å²) >= 11 is 1.23. The molecule has 0 bridgehead atoms. The van der Waals surface area contributed by atoms with E-state index in [1.54, 1.807) is 44.2 Å². The van der Waals surface area contributed by atoms with E-state index in [1.807, 2.05) is 19.1 Å². The first-order valence-electron chi connectivity index (χ1n) is 8.57. The number of rotatable bonds is 6. The normalized spacial score (nSPS) is 10.7. The van der Waals surface area contributed by atoms with Crippen molar-refractivity contribution in [3.8, 4) is 5.75 Å². The molecular weight excluding hydrogens is 378 g/mol. The van der Waals surface area contributed by atoms with Crippen molar-refractivity contribution in [3.63, 3.8) is 0 Å². The molecule has 0 amide bonds. The zero-order chi connectivity index (χ0) is 20.3. The van der Waals surface area contributed by atoms with E-state index in [4.69, 9.17) is 4.74 Å². The molecule has 28 heavy (non-hydrogen) atoms. The summed E-state index contributed by atoms with van der Waals surface area (Å²) in [6, 6.07) is 13.9. The van der Waals surface area contributed by atoms with E-state index >= 15 is 0 Å². The summed E-state index contributed by atoms with van der Waals surface area (Å²) in [5.74, 6) is 0.297. The monoisotopic (exact) mass is 397 g/mol. The number of nitrogens with zero attached hydrogens (tertiary/aromatic N) is 3. The van der Waals surface area contributed by atoms with Crippen LogP contribution >= 0.6 is 11.8 Å². The molecule has 2 aromatic carbocycles. The molecule has 1 heterocycles. The van der Waals surface area contributed by atoms with Gasteiger partial charge in [0, 0.05) is 6.07 Å². The number of carbonyl (C=O) groups is 1. The average Bonchev–Trinajstić information content (AvgIpc) is 2.96. The molecule has 0 aliphatic heterocycles. The van der Waals surface area contributed by atoms with Gasteiger partial charge < -0.3 is 4.74 Å². The van der Waals surface area contributed by atoms with Gasteiger partial charge in [0.15, 0.2) is 6.61 Å². The predicted molar refractivity (Wildman–Crippen MR) is 106 cm³/mol. The molecule has 1 aromatic heterocycles. The van der Waals surface area contributed by atoms with E-state index < -0.39 is 4.92 Å². The number of nitro benzene ring substituents is 1. The van der Waals surface area contributed by atoms with Crippen LogP contribution in [-0.4, -0.2) is 27.2 Å². The summed E-state index contributed by atoms with van der Waals surface area (Å²) in [6.07, 6.45) is 0. The van der Waals surface area contributed by atoms with Crippen molar-refractivity contribution in [2.45, 2.75) is 30.6 Å². The van der Waals surface area contributed by atoms with Gasteiger partial charge in [-0.25, -0.2) is 4.68 Å². The fraction of sp³-hybridized carbons (Fsp3) is 0.200. The highest BCUT2D eigenvalue weighted by atomic mass is 32.2. The molecule has 0 atom stereocenters. The lowest BCUT2D eigenvalue weighted by atomic mass is 10.2. The van der Waals surface area contributed by atoms with E-state index in [0.29, 0.717) is 22.0 Å². The molecule has 0 aliphatic rings. The van der Waals surface area contributed by atoms with E-state index in [2.05, 4.69) is 5.10 Å². The molecule has 3 aromatic rings. The van der Waals surface area contributed by atoms with Crippen LogP contribution in [0.5, 0.6) is 5.75 Å². The van der Waals surface area contributed by atoms with Crippen LogP contribution in [0.4, 0.5) is 5.69 Å². The number of nitro groups is 1. The van der Waals surface area contributed by atoms with Crippen LogP contribution in [0.1, 0.15) is 21.7 Å². The van der Waals surface area contributed by atoms with Crippen molar-refractivity contribution in [2.75, 3.05) is 6.61 Å². The van der Waals surface area contributed by atoms with E-state index in [-0.39, 0.29) is 18.2 Å². The number of aromatic nitrogens is 2. The summed E-state index contributed by atoms with van der Waals surface area (Å²) in [4.78, 5) is 24.6. The summed E-state index contributed by atoms with van der Waals surface area (Å²) in [6.45, 7) is 5.36. The second-order valence-electron chi connectivity index (χ2n) is 6.23. The van der Waals surface area contributed by atoms with Crippen LogP contribution in [0.15, 0.2) is 58.3 Å². The molecule has 0 saturated heterocycles. The van der Waals surface area contributed by atoms with Crippen LogP contribution in [0.3, 0.4) is 0 Å². The maximum absolute atomic E-state index is 12.6. The van der Waals surface area contributed by atoms with Gasteiger partial charge in [-0.2, -0.15) is 5.10 Å². The first kappa shape index (κ1) is 19.6. The van der Waals surface area contributed by atoms with Gasteiger partial charge in [-0.15, -0.1) is 0 Å². The third kappa shape index (κ3) is 4.23. The summed E-state index contributed by atoms with van der Waals surface area (Å²) in [5.41, 5.74) is 2.38. The van der Waals surface area contributed by atoms with Crippen molar-refractivity contribution in [1.29, 1.82) is 0 Å². The van der Waals surface area contributed by atoms with Crippen molar-refractivity contribution in [1.82, 2.24) is 9.78 Å². The Bertz CT molecular complexity index is 1030. The number of ether oxygens (including phenoxy) is 1. The van der Waals surface area contributed by atoms with Crippen LogP contribution in [-0.2, 0) is 0 Å². The molecule has 8 heteroatoms. The second-order valence-corrected chi connectivity index (χ2v) is 7.29. The lowest BCUT2D eigenvalue weighted by Crippen LogP contribution is -2.21. The first-order chi connectivity index (χ1) is 13.4. The maximum atomic E-state index is 12.6. The Morgan fingerprint density at radius 3 is 2.50 bits per heavy atom. The Labute approximate surface area is 166 Å². The molecule has 7 nitrogen and oxygen atoms in total. The van der Waals surface area contributed by atoms with Gasteiger partial charge in [0.2, 0.25) is 0 Å². The Hall–Kier alpha value is -3.13. The number of carbonyl (C=O) groups excluding carboxylic acids is 1. The quantitative estimate of drug-likeness (QED) is 0.447. The highest BCUT2D eigenvalue weighted by Gasteiger charge is 2.21. The van der Waals surface area contributed by atoms with Gasteiger partial charge in [-0.05, 0) is 39.0 Å². The summed E-state index contributed by atoms with van der Waals surface area (Å²) in [7, 11) is 0. The molecular formula is C20H19N3O4S. The smallest absolute Gasteiger partial charge is 0.285 e. The van der Waals surface area contributed by atoms with Crippen LogP contribution in [0, 0.1) is 30.9 Å². The van der Waals surface area contributed by atoms with Crippen molar-refractivity contribution >= 4 is 23.4 Å². The molecule has 0 saturated carbocycles. The SMILES string of the molecule is Cc1ccc(OCC(=O)n2nc(C)c(Sc3ccccc3[N+](=O)[O-])c2C)cc1. The van der Waals surface area contributed by atoms with Gasteiger partial charge in [0.25, 0.3) is 11.6 Å². The largest absolute Gasteiger partial charge is 0.484 e. The number of para-hydroxylation sites is 1. The fourth-order valence-electron chi connectivity index (χ4n) is 2.66. The standard InChI is InChI=1S/C20H19N3O4S/c1-13-8-10-16(11-9-13)27-12-19(24)22-15(3)20(14(2)21-22)28-18-7-5-4-6-17(18)23(25)26/h4-11H,12H2,1-3H3. The predicted octanol–water partition coefficient (Wildman–Crippen LogP) is 4.59. The topological polar surface area (TPSA) is 87.3 Å². The summed E-state index contributed by atoms with van der Waals surface area (Å²) < 4.78 is 6.84. The van der Waals surface area contributed by atoms with Crippen LogP contribution in [0.25, 0.3) is 0 Å². The molecule has 0 aliphatic carbocycles. The second kappa shape index (κ2) is 8.26. The minimum absolute atomic E-state index is 0.0214. The maximum Gasteiger partial charge on any atom is 0.285 e. The highest BCUT2D eigenvalue weighted by molar-refractivity contribution is 7.99. The Morgan fingerprint density at radius 1 is 1.14 bits per heavy atom. The lowest BCUT2D eigenvalue weighted by Gasteiger charge is -2.07. The van der Waals surface area contributed by atoms with Gasteiger partial charge in [-0.3, -0.25) is 14.9 Å². The van der Waals surface area contributed by atoms with Gasteiger partial charge in [0.05, 0.1) is 26.1 Å². The van der Waals surface area contributed by atoms with Gasteiger partial charge in [-0.1, -0.05) is 41.6 Å². The zero-order valence-corrected chi connectivity index (χ0v) is 16.5. The molecule has 0 fully saturated rings. The minimum Gasteiger partial charge on any atom is -0.484 e. The number of hydrogen-bond donors (Lipinski definition) is 0. The number of hydrogen-bond acceptors (Lipinski definition) is 6. The van der Waals surface area contributed by atoms with Crippen LogP contribution in [0.2, 0.25) is 0 Å². The molecule has 0 N–H and O–H groups in total. The van der Waals surface area contributed by atoms with Crippen molar-refractivity contribution < 1.29 is 14.5 Å². The lowest BCUT2D eigenvalue weighted by molar-refractivity contribution is -0.387. The molecule has 3 rings (SSSR count). The van der Waals surface area contributed by atoms with Gasteiger partial charge in [0.1, 0.15) is 5.75 Å². The number of aryl methyl sites for hydroxylation is 2. The Balaban J connectivity index is 1.79. The zero-order valence-electron chi connectivity index (χ0n) is 15.7. The fourth-order valence-corrected chi connectivity index (χ4v) is 3.70. The van der Waals surface area contributed by atoms with E-state index in [0.717, 1.165) is 10.5 Å². The molecule has 0 unspecified atom stereocenters. The molecule has 0 radical (unpaired) electrons. The Morgan fingerprint density at radius 2 is 1.82 bits per heavy atom. The average molecular weight is 397 g/mol. The minimum atomic E-state index is -0.419. The summed E-state index contributed by atoms with van der Waals surface area (Å²) in [5, 5.41) is 15.5. The first-order valence-corrected chi connectivity index (χ1v) is 9.38. The molecule has 0 spiro atoms. The Kier molecular flexibility index (Phi) is 5.79. The van der Waals surface area contributed by atoms with Crippen LogP contribution < -0.4 is 4.74 Å². The number of benzene rings is 2. The third-order valence-electron chi connectivity index (χ3n) is 4.12. The van der Waals surface area contributed by atoms with E-state index in [9.17, 15) is 14.9 Å². The molecule has 144 valence electrons. The highest BCUT2D eigenvalue weighted by Crippen LogP contribution is 2.37. The third-order valence-corrected chi connectivity index (χ3v) is 5.48. The van der Waals surface area contributed by atoms with E-state index in [1.165, 1.54) is 22.5 Å².